The van der Waals surface area contributed by atoms with Gasteiger partial charge in [-0.15, -0.1) is 0 Å². The van der Waals surface area contributed by atoms with Gasteiger partial charge in [0.2, 0.25) is 5.95 Å². The van der Waals surface area contributed by atoms with Crippen molar-refractivity contribution in [2.75, 3.05) is 0 Å². The zero-order chi connectivity index (χ0) is 28.5. The molecule has 0 unspecified atom stereocenters. The number of carbonyl (C=O) groups is 1. The number of imidazole rings is 1. The molecule has 6 rings (SSSR count). The molecule has 0 N–H and O–H groups in total. The first kappa shape index (κ1) is 26.1. The lowest BCUT2D eigenvalue weighted by atomic mass is 9.98. The maximum absolute atomic E-state index is 15.7. The molecule has 40 heavy (non-hydrogen) atoms. The van der Waals surface area contributed by atoms with Crippen LogP contribution in [0.2, 0.25) is 0 Å². The highest BCUT2D eigenvalue weighted by Gasteiger charge is 2.33. The van der Waals surface area contributed by atoms with Crippen LogP contribution in [0.3, 0.4) is 0 Å². The smallest absolute Gasteiger partial charge is 0.263 e. The van der Waals surface area contributed by atoms with E-state index in [1.807, 2.05) is 45.9 Å². The van der Waals surface area contributed by atoms with Gasteiger partial charge >= 0.3 is 0 Å². The highest BCUT2D eigenvalue weighted by atomic mass is 79.9. The zero-order valence-corrected chi connectivity index (χ0v) is 24.3. The predicted molar refractivity (Wildman–Crippen MR) is 153 cm³/mol. The summed E-state index contributed by atoms with van der Waals surface area (Å²) in [6.45, 7) is 7.68. The molecule has 0 radical (unpaired) electrons. The fourth-order valence-corrected chi connectivity index (χ4v) is 5.61. The number of aromatic nitrogens is 6. The summed E-state index contributed by atoms with van der Waals surface area (Å²) < 4.78 is 21.1. The Labute approximate surface area is 238 Å². The second-order valence-electron chi connectivity index (χ2n) is 10.4. The molecular formula is C29H27BrFN7O2. The number of aryl methyl sites for hydroxylation is 4. The Bertz CT molecular complexity index is 1900. The molecule has 2 aromatic carbocycles. The van der Waals surface area contributed by atoms with Gasteiger partial charge in [-0.05, 0) is 70.0 Å². The molecule has 0 spiro atoms. The van der Waals surface area contributed by atoms with Gasteiger partial charge in [-0.25, -0.2) is 23.6 Å². The van der Waals surface area contributed by atoms with Crippen LogP contribution in [0.15, 0.2) is 52.0 Å². The predicted octanol–water partition coefficient (Wildman–Crippen LogP) is 4.72. The van der Waals surface area contributed by atoms with Crippen molar-refractivity contribution in [3.8, 4) is 11.6 Å². The molecule has 1 atom stereocenters. The minimum absolute atomic E-state index is 0.0468. The van der Waals surface area contributed by atoms with Crippen molar-refractivity contribution in [2.24, 2.45) is 7.05 Å². The standard InChI is InChI=1S/C29H27BrFN7O2/c1-15-8-19(6-7-21(15)30)27(39)36-13-24-20(10-17(36)3)28(40)37(29(33-24)38-18(4)9-16(2)34-38)25-12-23-26(11-22(25)31)35(5)14-32-23/h6-9,11-12,14,17H,10,13H2,1-5H3/t17-/m1/s1. The summed E-state index contributed by atoms with van der Waals surface area (Å²) in [5.41, 5.74) is 4.73. The number of hydrogen-bond donors (Lipinski definition) is 0. The van der Waals surface area contributed by atoms with Gasteiger partial charge in [0.15, 0.2) is 0 Å². The van der Waals surface area contributed by atoms with Gasteiger partial charge in [-0.2, -0.15) is 5.10 Å². The number of halogens is 2. The lowest BCUT2D eigenvalue weighted by Crippen LogP contribution is -2.46. The lowest BCUT2D eigenvalue weighted by molar-refractivity contribution is 0.0652. The second-order valence-corrected chi connectivity index (χ2v) is 11.3. The van der Waals surface area contributed by atoms with Crippen LogP contribution in [0.1, 0.15) is 45.5 Å². The van der Waals surface area contributed by atoms with Gasteiger partial charge in [0.1, 0.15) is 5.82 Å². The first-order chi connectivity index (χ1) is 19.0. The Hall–Kier alpha value is -4.12. The first-order valence-electron chi connectivity index (χ1n) is 12.9. The van der Waals surface area contributed by atoms with Crippen LogP contribution < -0.4 is 5.56 Å². The highest BCUT2D eigenvalue weighted by molar-refractivity contribution is 9.10. The van der Waals surface area contributed by atoms with Crippen molar-refractivity contribution in [1.82, 2.24) is 33.8 Å². The van der Waals surface area contributed by atoms with Crippen LogP contribution in [-0.2, 0) is 20.0 Å². The van der Waals surface area contributed by atoms with Crippen molar-refractivity contribution in [3.05, 3.63) is 97.1 Å². The summed E-state index contributed by atoms with van der Waals surface area (Å²) in [7, 11) is 1.78. The highest BCUT2D eigenvalue weighted by Crippen LogP contribution is 2.28. The van der Waals surface area contributed by atoms with Crippen LogP contribution in [-0.4, -0.2) is 45.7 Å². The minimum atomic E-state index is -0.575. The maximum Gasteiger partial charge on any atom is 0.263 e. The van der Waals surface area contributed by atoms with E-state index in [1.165, 1.54) is 10.6 Å². The van der Waals surface area contributed by atoms with Crippen LogP contribution in [0.4, 0.5) is 4.39 Å². The summed E-state index contributed by atoms with van der Waals surface area (Å²) in [5.74, 6) is -0.557. The number of hydrogen-bond acceptors (Lipinski definition) is 5. The van der Waals surface area contributed by atoms with E-state index in [0.29, 0.717) is 27.9 Å². The Morgan fingerprint density at radius 2 is 1.90 bits per heavy atom. The van der Waals surface area contributed by atoms with E-state index >= 15 is 4.39 Å². The third kappa shape index (κ3) is 4.16. The van der Waals surface area contributed by atoms with Gasteiger partial charge in [0.05, 0.1) is 41.0 Å². The molecule has 5 aromatic rings. The monoisotopic (exact) mass is 603 g/mol. The molecule has 0 saturated carbocycles. The summed E-state index contributed by atoms with van der Waals surface area (Å²) in [6.07, 6.45) is 1.89. The van der Waals surface area contributed by atoms with E-state index in [2.05, 4.69) is 26.0 Å². The Balaban J connectivity index is 1.54. The largest absolute Gasteiger partial charge is 0.334 e. The number of fused-ring (bicyclic) bond motifs is 2. The quantitative estimate of drug-likeness (QED) is 0.298. The topological polar surface area (TPSA) is 90.8 Å². The zero-order valence-electron chi connectivity index (χ0n) is 22.7. The van der Waals surface area contributed by atoms with E-state index in [0.717, 1.165) is 21.4 Å². The SMILES string of the molecule is Cc1cc(C)n(-c2nc3c(c(=O)n2-c2cc4ncn(C)c4cc2F)C[C@@H](C)N(C(=O)c2ccc(Br)c(C)c2)C3)n1. The van der Waals surface area contributed by atoms with Crippen molar-refractivity contribution in [3.63, 3.8) is 0 Å². The molecule has 11 heteroatoms. The van der Waals surface area contributed by atoms with Crippen LogP contribution in [0, 0.1) is 26.6 Å². The molecule has 4 heterocycles. The van der Waals surface area contributed by atoms with Crippen molar-refractivity contribution >= 4 is 32.9 Å². The fourth-order valence-electron chi connectivity index (χ4n) is 5.36. The van der Waals surface area contributed by atoms with E-state index in [1.54, 1.807) is 39.7 Å². The number of benzene rings is 2. The van der Waals surface area contributed by atoms with E-state index in [-0.39, 0.29) is 42.1 Å². The van der Waals surface area contributed by atoms with Crippen LogP contribution in [0.25, 0.3) is 22.7 Å². The molecule has 3 aromatic heterocycles. The van der Waals surface area contributed by atoms with Gasteiger partial charge < -0.3 is 9.47 Å². The van der Waals surface area contributed by atoms with Gasteiger partial charge in [0.25, 0.3) is 11.5 Å². The van der Waals surface area contributed by atoms with Crippen LogP contribution in [0.5, 0.6) is 0 Å². The number of rotatable bonds is 3. The third-order valence-corrected chi connectivity index (χ3v) is 8.39. The van der Waals surface area contributed by atoms with Crippen LogP contribution >= 0.6 is 15.9 Å². The summed E-state index contributed by atoms with van der Waals surface area (Å²) in [6, 6.07) is 10.0. The number of carbonyl (C=O) groups excluding carboxylic acids is 1. The molecule has 1 aliphatic rings. The van der Waals surface area contributed by atoms with E-state index in [9.17, 15) is 9.59 Å². The third-order valence-electron chi connectivity index (χ3n) is 7.50. The maximum atomic E-state index is 15.7. The summed E-state index contributed by atoms with van der Waals surface area (Å²) in [4.78, 5) is 38.7. The lowest BCUT2D eigenvalue weighted by Gasteiger charge is -2.34. The van der Waals surface area contributed by atoms with Crippen molar-refractivity contribution < 1.29 is 9.18 Å². The second kappa shape index (κ2) is 9.51. The molecule has 204 valence electrons. The molecule has 0 saturated heterocycles. The average molecular weight is 604 g/mol. The van der Waals surface area contributed by atoms with Crippen molar-refractivity contribution in [2.45, 2.75) is 46.7 Å². The normalized spacial score (nSPS) is 15.1. The van der Waals surface area contributed by atoms with Gasteiger partial charge in [-0.3, -0.25) is 9.59 Å². The Morgan fingerprint density at radius 3 is 2.60 bits per heavy atom. The Kier molecular flexibility index (Phi) is 6.21. The average Bonchev–Trinajstić information content (AvgIpc) is 3.45. The minimum Gasteiger partial charge on any atom is -0.334 e. The molecule has 0 bridgehead atoms. The number of amides is 1. The van der Waals surface area contributed by atoms with E-state index in [4.69, 9.17) is 4.98 Å². The molecule has 1 amide bonds. The number of nitrogens with zero attached hydrogens (tertiary/aromatic N) is 7. The Morgan fingerprint density at radius 1 is 1.12 bits per heavy atom. The molecule has 0 aliphatic carbocycles. The van der Waals surface area contributed by atoms with Gasteiger partial charge in [0, 0.05) is 40.4 Å². The molecule has 1 aliphatic heterocycles. The summed E-state index contributed by atoms with van der Waals surface area (Å²) >= 11 is 3.49. The van der Waals surface area contributed by atoms with Gasteiger partial charge in [-0.1, -0.05) is 15.9 Å². The molecular weight excluding hydrogens is 577 g/mol. The molecule has 9 nitrogen and oxygen atoms in total. The van der Waals surface area contributed by atoms with E-state index < -0.39 is 5.82 Å². The first-order valence-corrected chi connectivity index (χ1v) is 13.7. The van der Waals surface area contributed by atoms with Crippen molar-refractivity contribution in [1.29, 1.82) is 0 Å². The fraction of sp³-hybridized carbons (Fsp3) is 0.276. The summed E-state index contributed by atoms with van der Waals surface area (Å²) in [5, 5.41) is 4.55. The molecule has 0 fully saturated rings.